The molecule has 1 amide bonds. The maximum Gasteiger partial charge on any atom is 0.231 e. The van der Waals surface area contributed by atoms with Gasteiger partial charge in [-0.2, -0.15) is 0 Å². The number of hydrogen-bond donors (Lipinski definition) is 1. The number of nitrogens with zero attached hydrogens (tertiary/aromatic N) is 1. The van der Waals surface area contributed by atoms with Gasteiger partial charge in [-0.15, -0.1) is 0 Å². The first kappa shape index (κ1) is 15.2. The van der Waals surface area contributed by atoms with Crippen LogP contribution in [0.5, 0.6) is 11.5 Å². The fourth-order valence-corrected chi connectivity index (χ4v) is 2.53. The molecule has 0 radical (unpaired) electrons. The molecular formula is C18H13FN2O4. The molecule has 4 rings (SSSR count). The van der Waals surface area contributed by atoms with E-state index in [1.54, 1.807) is 42.5 Å². The van der Waals surface area contributed by atoms with Crippen LogP contribution in [0.25, 0.3) is 11.3 Å². The lowest BCUT2D eigenvalue weighted by molar-refractivity contribution is -0.115. The van der Waals surface area contributed by atoms with Crippen molar-refractivity contribution in [1.82, 2.24) is 5.16 Å². The number of aromatic nitrogens is 1. The van der Waals surface area contributed by atoms with E-state index in [0.29, 0.717) is 28.4 Å². The lowest BCUT2D eigenvalue weighted by atomic mass is 10.1. The highest BCUT2D eigenvalue weighted by atomic mass is 19.1. The van der Waals surface area contributed by atoms with Gasteiger partial charge in [0.2, 0.25) is 12.7 Å². The lowest BCUT2D eigenvalue weighted by Crippen LogP contribution is -2.14. The molecule has 0 unspecified atom stereocenters. The Morgan fingerprint density at radius 3 is 2.84 bits per heavy atom. The Labute approximate surface area is 142 Å². The van der Waals surface area contributed by atoms with Crippen molar-refractivity contribution in [2.24, 2.45) is 0 Å². The van der Waals surface area contributed by atoms with Crippen molar-refractivity contribution in [2.45, 2.75) is 6.42 Å². The zero-order chi connectivity index (χ0) is 17.2. The van der Waals surface area contributed by atoms with Crippen molar-refractivity contribution in [1.29, 1.82) is 0 Å². The molecule has 1 N–H and O–H groups in total. The topological polar surface area (TPSA) is 73.6 Å². The molecule has 25 heavy (non-hydrogen) atoms. The second kappa shape index (κ2) is 6.27. The van der Waals surface area contributed by atoms with Gasteiger partial charge in [-0.1, -0.05) is 17.3 Å². The van der Waals surface area contributed by atoms with Crippen LogP contribution < -0.4 is 14.8 Å². The van der Waals surface area contributed by atoms with Gasteiger partial charge in [0, 0.05) is 17.8 Å². The largest absolute Gasteiger partial charge is 0.454 e. The summed E-state index contributed by atoms with van der Waals surface area (Å²) in [4.78, 5) is 12.2. The summed E-state index contributed by atoms with van der Waals surface area (Å²) in [5.74, 6) is 0.830. The van der Waals surface area contributed by atoms with Gasteiger partial charge in [0.25, 0.3) is 0 Å². The van der Waals surface area contributed by atoms with E-state index in [0.717, 1.165) is 0 Å². The predicted molar refractivity (Wildman–Crippen MR) is 86.8 cm³/mol. The number of amides is 1. The average Bonchev–Trinajstić information content (AvgIpc) is 3.24. The number of carbonyl (C=O) groups excluding carboxylic acids is 1. The van der Waals surface area contributed by atoms with Gasteiger partial charge in [0.05, 0.1) is 17.7 Å². The molecule has 2 heterocycles. The van der Waals surface area contributed by atoms with Gasteiger partial charge in [0.1, 0.15) is 5.82 Å². The van der Waals surface area contributed by atoms with Crippen LogP contribution in [0.3, 0.4) is 0 Å². The standard InChI is InChI=1S/C18H13FN2O4/c19-14-4-2-1-3-13(14)16-8-12(21-25-16)9-18(22)20-11-5-6-15-17(7-11)24-10-23-15/h1-8H,9-10H2,(H,20,22). The first-order valence-corrected chi connectivity index (χ1v) is 7.59. The third-order valence-electron chi connectivity index (χ3n) is 3.70. The van der Waals surface area contributed by atoms with E-state index in [-0.39, 0.29) is 24.9 Å². The number of halogens is 1. The smallest absolute Gasteiger partial charge is 0.231 e. The number of ether oxygens (including phenoxy) is 2. The number of carbonyl (C=O) groups is 1. The molecule has 0 saturated carbocycles. The van der Waals surface area contributed by atoms with E-state index < -0.39 is 5.82 Å². The van der Waals surface area contributed by atoms with Crippen molar-refractivity contribution in [3.8, 4) is 22.8 Å². The van der Waals surface area contributed by atoms with Crippen molar-refractivity contribution in [3.63, 3.8) is 0 Å². The summed E-state index contributed by atoms with van der Waals surface area (Å²) >= 11 is 0. The monoisotopic (exact) mass is 340 g/mol. The van der Waals surface area contributed by atoms with Crippen molar-refractivity contribution < 1.29 is 23.2 Å². The fourth-order valence-electron chi connectivity index (χ4n) is 2.53. The van der Waals surface area contributed by atoms with E-state index in [4.69, 9.17) is 14.0 Å². The van der Waals surface area contributed by atoms with Crippen LogP contribution in [0.15, 0.2) is 53.1 Å². The molecule has 126 valence electrons. The van der Waals surface area contributed by atoms with Gasteiger partial charge in [-0.25, -0.2) is 4.39 Å². The van der Waals surface area contributed by atoms with E-state index in [9.17, 15) is 9.18 Å². The molecule has 2 aromatic carbocycles. The second-order valence-electron chi connectivity index (χ2n) is 5.46. The molecule has 1 aliphatic heterocycles. The summed E-state index contributed by atoms with van der Waals surface area (Å²) in [7, 11) is 0. The van der Waals surface area contributed by atoms with Crippen LogP contribution in [0.1, 0.15) is 5.69 Å². The van der Waals surface area contributed by atoms with Gasteiger partial charge < -0.3 is 19.3 Å². The highest BCUT2D eigenvalue weighted by Crippen LogP contribution is 2.34. The van der Waals surface area contributed by atoms with Gasteiger partial charge in [0.15, 0.2) is 17.3 Å². The molecule has 0 spiro atoms. The van der Waals surface area contributed by atoms with Crippen molar-refractivity contribution >= 4 is 11.6 Å². The summed E-state index contributed by atoms with van der Waals surface area (Å²) in [6, 6.07) is 12.9. The van der Waals surface area contributed by atoms with Crippen molar-refractivity contribution in [2.75, 3.05) is 12.1 Å². The van der Waals surface area contributed by atoms with Crippen LogP contribution in [-0.4, -0.2) is 17.9 Å². The normalized spacial score (nSPS) is 12.2. The minimum absolute atomic E-state index is 0.00634. The maximum atomic E-state index is 13.8. The van der Waals surface area contributed by atoms with E-state index in [1.165, 1.54) is 6.07 Å². The Balaban J connectivity index is 1.44. The molecule has 1 aliphatic rings. The van der Waals surface area contributed by atoms with Gasteiger partial charge in [-0.3, -0.25) is 4.79 Å². The molecule has 3 aromatic rings. The zero-order valence-electron chi connectivity index (χ0n) is 13.0. The summed E-state index contributed by atoms with van der Waals surface area (Å²) in [5.41, 5.74) is 1.31. The molecule has 0 saturated heterocycles. The third kappa shape index (κ3) is 3.16. The molecule has 0 aliphatic carbocycles. The third-order valence-corrected chi connectivity index (χ3v) is 3.70. The minimum Gasteiger partial charge on any atom is -0.454 e. The Kier molecular flexibility index (Phi) is 3.81. The summed E-state index contributed by atoms with van der Waals surface area (Å²) in [6.07, 6.45) is 0.00634. The molecule has 1 aromatic heterocycles. The van der Waals surface area contributed by atoms with Crippen molar-refractivity contribution in [3.05, 3.63) is 60.0 Å². The fraction of sp³-hybridized carbons (Fsp3) is 0.111. The maximum absolute atomic E-state index is 13.8. The quantitative estimate of drug-likeness (QED) is 0.788. The van der Waals surface area contributed by atoms with E-state index >= 15 is 0 Å². The number of fused-ring (bicyclic) bond motifs is 1. The van der Waals surface area contributed by atoms with Crippen LogP contribution in [0.2, 0.25) is 0 Å². The number of anilines is 1. The van der Waals surface area contributed by atoms with Gasteiger partial charge in [-0.05, 0) is 24.3 Å². The van der Waals surface area contributed by atoms with Crippen LogP contribution in [0, 0.1) is 5.82 Å². The number of rotatable bonds is 4. The zero-order valence-corrected chi connectivity index (χ0v) is 13.0. The molecule has 0 bridgehead atoms. The summed E-state index contributed by atoms with van der Waals surface area (Å²) in [5, 5.41) is 6.58. The lowest BCUT2D eigenvalue weighted by Gasteiger charge is -2.04. The molecular weight excluding hydrogens is 327 g/mol. The van der Waals surface area contributed by atoms with Crippen LogP contribution in [-0.2, 0) is 11.2 Å². The number of nitrogens with one attached hydrogen (secondary N) is 1. The second-order valence-corrected chi connectivity index (χ2v) is 5.46. The Morgan fingerprint density at radius 1 is 1.12 bits per heavy atom. The molecule has 6 nitrogen and oxygen atoms in total. The van der Waals surface area contributed by atoms with E-state index in [2.05, 4.69) is 10.5 Å². The molecule has 7 heteroatoms. The molecule has 0 atom stereocenters. The Morgan fingerprint density at radius 2 is 1.96 bits per heavy atom. The van der Waals surface area contributed by atoms with Crippen LogP contribution in [0.4, 0.5) is 10.1 Å². The van der Waals surface area contributed by atoms with Gasteiger partial charge >= 0.3 is 0 Å². The summed E-state index contributed by atoms with van der Waals surface area (Å²) in [6.45, 7) is 0.171. The van der Waals surface area contributed by atoms with E-state index in [1.807, 2.05) is 0 Å². The predicted octanol–water partition coefficient (Wildman–Crippen LogP) is 3.39. The Hall–Kier alpha value is -3.35. The minimum atomic E-state index is -0.407. The first-order valence-electron chi connectivity index (χ1n) is 7.59. The highest BCUT2D eigenvalue weighted by Gasteiger charge is 2.16. The number of benzene rings is 2. The number of hydrogen-bond acceptors (Lipinski definition) is 5. The first-order chi connectivity index (χ1) is 12.2. The average molecular weight is 340 g/mol. The molecule has 0 fully saturated rings. The summed E-state index contributed by atoms with van der Waals surface area (Å²) < 4.78 is 29.4. The van der Waals surface area contributed by atoms with Crippen LogP contribution >= 0.6 is 0 Å². The highest BCUT2D eigenvalue weighted by molar-refractivity contribution is 5.92. The SMILES string of the molecule is O=C(Cc1cc(-c2ccccc2F)on1)Nc1ccc2c(c1)OCO2. The Bertz CT molecular complexity index is 938.